The molecule has 1 saturated carbocycles. The predicted molar refractivity (Wildman–Crippen MR) is 96.7 cm³/mol. The van der Waals surface area contributed by atoms with Crippen LogP contribution in [0.1, 0.15) is 49.9 Å². The normalized spacial score (nSPS) is 20.9. The number of methoxy groups -OCH3 is 1. The van der Waals surface area contributed by atoms with Gasteiger partial charge in [0.15, 0.2) is 0 Å². The van der Waals surface area contributed by atoms with Crippen molar-refractivity contribution in [1.29, 1.82) is 0 Å². The first-order valence-corrected chi connectivity index (χ1v) is 8.98. The number of amides is 1. The zero-order valence-electron chi connectivity index (χ0n) is 15.5. The average molecular weight is 362 g/mol. The number of hydrogen-bond acceptors (Lipinski definition) is 5. The molecular formula is C19H26N2O5. The monoisotopic (exact) mass is 362 g/mol. The highest BCUT2D eigenvalue weighted by molar-refractivity contribution is 5.95. The van der Waals surface area contributed by atoms with E-state index >= 15 is 0 Å². The SMILES string of the molecule is COC(=O)C(C)CN(C(=O)c1ccc([N+](=O)[O-])cc1)C1CCCCC1C. The Morgan fingerprint density at radius 2 is 1.88 bits per heavy atom. The summed E-state index contributed by atoms with van der Waals surface area (Å²) >= 11 is 0. The second-order valence-corrected chi connectivity index (χ2v) is 7.01. The highest BCUT2D eigenvalue weighted by Gasteiger charge is 2.33. The predicted octanol–water partition coefficient (Wildman–Crippen LogP) is 3.42. The van der Waals surface area contributed by atoms with Gasteiger partial charge in [-0.15, -0.1) is 0 Å². The smallest absolute Gasteiger partial charge is 0.310 e. The fourth-order valence-corrected chi connectivity index (χ4v) is 3.59. The van der Waals surface area contributed by atoms with Gasteiger partial charge in [-0.05, 0) is 30.9 Å². The Kier molecular flexibility index (Phi) is 6.71. The van der Waals surface area contributed by atoms with Crippen LogP contribution in [0.5, 0.6) is 0 Å². The first-order chi connectivity index (χ1) is 12.3. The summed E-state index contributed by atoms with van der Waals surface area (Å²) in [6.45, 7) is 4.15. The molecule has 0 N–H and O–H groups in total. The summed E-state index contributed by atoms with van der Waals surface area (Å²) in [5.74, 6) is -0.643. The molecule has 0 radical (unpaired) electrons. The summed E-state index contributed by atoms with van der Waals surface area (Å²) in [7, 11) is 1.34. The minimum Gasteiger partial charge on any atom is -0.469 e. The van der Waals surface area contributed by atoms with Crippen LogP contribution < -0.4 is 0 Å². The van der Waals surface area contributed by atoms with Gasteiger partial charge in [-0.25, -0.2) is 0 Å². The number of non-ortho nitro benzene ring substituents is 1. The van der Waals surface area contributed by atoms with E-state index in [4.69, 9.17) is 4.74 Å². The second kappa shape index (κ2) is 8.78. The molecule has 0 heterocycles. The summed E-state index contributed by atoms with van der Waals surface area (Å²) in [5, 5.41) is 10.8. The van der Waals surface area contributed by atoms with Crippen molar-refractivity contribution in [2.24, 2.45) is 11.8 Å². The van der Waals surface area contributed by atoms with E-state index in [2.05, 4.69) is 6.92 Å². The number of carbonyl (C=O) groups is 2. The van der Waals surface area contributed by atoms with Gasteiger partial charge in [-0.1, -0.05) is 26.7 Å². The molecule has 2 rings (SSSR count). The van der Waals surface area contributed by atoms with Gasteiger partial charge in [0.05, 0.1) is 18.0 Å². The van der Waals surface area contributed by atoms with Gasteiger partial charge in [-0.3, -0.25) is 19.7 Å². The summed E-state index contributed by atoms with van der Waals surface area (Å²) in [4.78, 5) is 37.1. The van der Waals surface area contributed by atoms with Crippen molar-refractivity contribution in [3.63, 3.8) is 0 Å². The minimum atomic E-state index is -0.492. The lowest BCUT2D eigenvalue weighted by molar-refractivity contribution is -0.384. The lowest BCUT2D eigenvalue weighted by atomic mass is 9.84. The van der Waals surface area contributed by atoms with Crippen molar-refractivity contribution in [3.8, 4) is 0 Å². The van der Waals surface area contributed by atoms with E-state index in [-0.39, 0.29) is 30.2 Å². The van der Waals surface area contributed by atoms with Crippen LogP contribution in [0.4, 0.5) is 5.69 Å². The molecule has 7 nitrogen and oxygen atoms in total. The average Bonchev–Trinajstić information content (AvgIpc) is 2.65. The maximum Gasteiger partial charge on any atom is 0.310 e. The van der Waals surface area contributed by atoms with Crippen molar-refractivity contribution >= 4 is 17.6 Å². The molecule has 1 aliphatic rings. The summed E-state index contributed by atoms with van der Waals surface area (Å²) in [6.07, 6.45) is 4.13. The van der Waals surface area contributed by atoms with Crippen LogP contribution in [-0.2, 0) is 9.53 Å². The van der Waals surface area contributed by atoms with Crippen molar-refractivity contribution in [1.82, 2.24) is 4.90 Å². The summed E-state index contributed by atoms with van der Waals surface area (Å²) in [5.41, 5.74) is 0.340. The Bertz CT molecular complexity index is 658. The van der Waals surface area contributed by atoms with Crippen molar-refractivity contribution in [3.05, 3.63) is 39.9 Å². The number of esters is 1. The number of nitro benzene ring substituents is 1. The Labute approximate surface area is 153 Å². The largest absolute Gasteiger partial charge is 0.469 e. The number of benzene rings is 1. The molecule has 1 aliphatic carbocycles. The van der Waals surface area contributed by atoms with Crippen LogP contribution in [0.15, 0.2) is 24.3 Å². The summed E-state index contributed by atoms with van der Waals surface area (Å²) in [6, 6.07) is 5.67. The third kappa shape index (κ3) is 4.59. The van der Waals surface area contributed by atoms with E-state index in [0.717, 1.165) is 25.7 Å². The van der Waals surface area contributed by atoms with E-state index in [0.29, 0.717) is 11.5 Å². The number of rotatable bonds is 6. The van der Waals surface area contributed by atoms with Gasteiger partial charge in [0.2, 0.25) is 0 Å². The van der Waals surface area contributed by atoms with E-state index in [1.807, 2.05) is 0 Å². The standard InChI is InChI=1S/C19H26N2O5/c1-13-6-4-5-7-17(13)20(12-14(2)19(23)26-3)18(22)15-8-10-16(11-9-15)21(24)25/h8-11,13-14,17H,4-7,12H2,1-3H3. The van der Waals surface area contributed by atoms with Crippen molar-refractivity contribution in [2.45, 2.75) is 45.6 Å². The first-order valence-electron chi connectivity index (χ1n) is 8.98. The zero-order chi connectivity index (χ0) is 19.3. The molecule has 0 bridgehead atoms. The third-order valence-corrected chi connectivity index (χ3v) is 5.13. The molecule has 3 unspecified atom stereocenters. The number of hydrogen-bond donors (Lipinski definition) is 0. The Morgan fingerprint density at radius 1 is 1.27 bits per heavy atom. The van der Waals surface area contributed by atoms with E-state index < -0.39 is 10.8 Å². The highest BCUT2D eigenvalue weighted by atomic mass is 16.6. The van der Waals surface area contributed by atoms with Crippen molar-refractivity contribution in [2.75, 3.05) is 13.7 Å². The minimum absolute atomic E-state index is 0.0536. The molecule has 1 aromatic rings. The molecule has 1 amide bonds. The van der Waals surface area contributed by atoms with Crippen LogP contribution in [-0.4, -0.2) is 41.4 Å². The van der Waals surface area contributed by atoms with Gasteiger partial charge in [0.25, 0.3) is 11.6 Å². The van der Waals surface area contributed by atoms with E-state index in [9.17, 15) is 19.7 Å². The summed E-state index contributed by atoms with van der Waals surface area (Å²) < 4.78 is 4.80. The van der Waals surface area contributed by atoms with Gasteiger partial charge in [0.1, 0.15) is 0 Å². The Hall–Kier alpha value is -2.44. The number of nitrogens with zero attached hydrogens (tertiary/aromatic N) is 2. The molecule has 142 valence electrons. The zero-order valence-corrected chi connectivity index (χ0v) is 15.5. The lowest BCUT2D eigenvalue weighted by Crippen LogP contribution is -2.48. The molecule has 1 aromatic carbocycles. The maximum atomic E-state index is 13.1. The van der Waals surface area contributed by atoms with Crippen LogP contribution >= 0.6 is 0 Å². The molecule has 1 fully saturated rings. The quantitative estimate of drug-likeness (QED) is 0.439. The third-order valence-electron chi connectivity index (χ3n) is 5.13. The number of carbonyl (C=O) groups excluding carboxylic acids is 2. The topological polar surface area (TPSA) is 89.8 Å². The highest BCUT2D eigenvalue weighted by Crippen LogP contribution is 2.30. The van der Waals surface area contributed by atoms with E-state index in [1.54, 1.807) is 11.8 Å². The first kappa shape index (κ1) is 19.9. The van der Waals surface area contributed by atoms with Gasteiger partial charge < -0.3 is 9.64 Å². The van der Waals surface area contributed by atoms with Gasteiger partial charge >= 0.3 is 5.97 Å². The maximum absolute atomic E-state index is 13.1. The van der Waals surface area contributed by atoms with Crippen molar-refractivity contribution < 1.29 is 19.2 Å². The van der Waals surface area contributed by atoms with Gasteiger partial charge in [0, 0.05) is 30.3 Å². The Morgan fingerprint density at radius 3 is 2.42 bits per heavy atom. The van der Waals surface area contributed by atoms with Crippen LogP contribution in [0.3, 0.4) is 0 Å². The van der Waals surface area contributed by atoms with E-state index in [1.165, 1.54) is 31.4 Å². The fourth-order valence-electron chi connectivity index (χ4n) is 3.59. The Balaban J connectivity index is 2.27. The van der Waals surface area contributed by atoms with Crippen LogP contribution in [0.25, 0.3) is 0 Å². The van der Waals surface area contributed by atoms with Gasteiger partial charge in [-0.2, -0.15) is 0 Å². The molecule has 7 heteroatoms. The molecule has 0 aliphatic heterocycles. The van der Waals surface area contributed by atoms with Crippen LogP contribution in [0.2, 0.25) is 0 Å². The molecule has 0 spiro atoms. The second-order valence-electron chi connectivity index (χ2n) is 7.01. The number of nitro groups is 1. The van der Waals surface area contributed by atoms with Crippen LogP contribution in [0, 0.1) is 22.0 Å². The molecule has 0 saturated heterocycles. The molecule has 3 atom stereocenters. The molecule has 0 aromatic heterocycles. The molecular weight excluding hydrogens is 336 g/mol. The molecule has 26 heavy (non-hydrogen) atoms. The number of ether oxygens (including phenoxy) is 1. The lowest BCUT2D eigenvalue weighted by Gasteiger charge is -2.39. The fraction of sp³-hybridized carbons (Fsp3) is 0.579.